The first-order valence-corrected chi connectivity index (χ1v) is 11.0. The minimum atomic E-state index is -4.68. The van der Waals surface area contributed by atoms with Crippen LogP contribution < -0.4 is 0 Å². The van der Waals surface area contributed by atoms with Gasteiger partial charge in [0.15, 0.2) is 11.3 Å². The molecule has 0 spiro atoms. The molecule has 3 fully saturated rings. The smallest absolute Gasteiger partial charge is 0.319 e. The highest BCUT2D eigenvalue weighted by molar-refractivity contribution is 6.33. The molecule has 2 aromatic heterocycles. The monoisotopic (exact) mass is 468 g/mol. The third-order valence-corrected chi connectivity index (χ3v) is 6.77. The maximum Gasteiger partial charge on any atom is 0.419 e. The first-order valence-electron chi connectivity index (χ1n) is 10.6. The average Bonchev–Trinajstić information content (AvgIpc) is 3.34. The number of pyridine rings is 1. The molecule has 0 aromatic carbocycles. The van der Waals surface area contributed by atoms with E-state index in [9.17, 15) is 27.6 Å². The number of hydrogen-bond donors (Lipinski definition) is 0. The Kier molecular flexibility index (Phi) is 4.96. The summed E-state index contributed by atoms with van der Waals surface area (Å²) in [4.78, 5) is 44.4. The molecule has 32 heavy (non-hydrogen) atoms. The van der Waals surface area contributed by atoms with E-state index < -0.39 is 40.8 Å². The second-order valence-electron chi connectivity index (χ2n) is 8.66. The van der Waals surface area contributed by atoms with Crippen molar-refractivity contribution in [2.75, 3.05) is 13.1 Å². The quantitative estimate of drug-likeness (QED) is 0.645. The highest BCUT2D eigenvalue weighted by Crippen LogP contribution is 2.43. The highest BCUT2D eigenvalue weighted by atomic mass is 35.5. The van der Waals surface area contributed by atoms with Crippen molar-refractivity contribution in [2.45, 2.75) is 56.7 Å². The summed E-state index contributed by atoms with van der Waals surface area (Å²) in [6.07, 6.45) is 1.73. The van der Waals surface area contributed by atoms with Gasteiger partial charge in [0.2, 0.25) is 11.8 Å². The Bertz CT molecular complexity index is 1120. The number of amides is 3. The molecule has 0 bridgehead atoms. The molecule has 7 nitrogen and oxygen atoms in total. The number of rotatable bonds is 3. The van der Waals surface area contributed by atoms with Crippen LogP contribution in [0.5, 0.6) is 0 Å². The topological polar surface area (TPSA) is 75.0 Å². The molecular formula is C21H20ClF3N4O3. The Balaban J connectivity index is 1.48. The van der Waals surface area contributed by atoms with Crippen LogP contribution in [0.3, 0.4) is 0 Å². The lowest BCUT2D eigenvalue weighted by Gasteiger charge is -2.35. The molecule has 11 heteroatoms. The SMILES string of the molecule is O=C(c1nc2c(C(F)(F)F)cc(C3CC3)cn2c1Cl)N1CC(=O)N(C2CCCC2)C(=O)C1. The van der Waals surface area contributed by atoms with E-state index in [4.69, 9.17) is 11.6 Å². The van der Waals surface area contributed by atoms with Crippen molar-refractivity contribution in [1.82, 2.24) is 19.2 Å². The maximum absolute atomic E-state index is 13.7. The number of fused-ring (bicyclic) bond motifs is 1. The van der Waals surface area contributed by atoms with Gasteiger partial charge in [0.1, 0.15) is 18.2 Å². The van der Waals surface area contributed by atoms with E-state index in [1.165, 1.54) is 11.1 Å². The van der Waals surface area contributed by atoms with Crippen molar-refractivity contribution in [3.63, 3.8) is 0 Å². The Labute approximate surface area is 186 Å². The van der Waals surface area contributed by atoms with Crippen molar-refractivity contribution in [3.8, 4) is 0 Å². The minimum absolute atomic E-state index is 0.0250. The van der Waals surface area contributed by atoms with Gasteiger partial charge in [-0.25, -0.2) is 4.98 Å². The molecular weight excluding hydrogens is 449 g/mol. The zero-order chi connectivity index (χ0) is 22.8. The Morgan fingerprint density at radius 1 is 1.06 bits per heavy atom. The summed E-state index contributed by atoms with van der Waals surface area (Å²) >= 11 is 6.30. The summed E-state index contributed by atoms with van der Waals surface area (Å²) in [5.74, 6) is -1.80. The molecule has 170 valence electrons. The number of alkyl halides is 3. The number of halogens is 4. The number of imide groups is 1. The average molecular weight is 469 g/mol. The maximum atomic E-state index is 13.7. The largest absolute Gasteiger partial charge is 0.419 e. The van der Waals surface area contributed by atoms with Gasteiger partial charge in [-0.2, -0.15) is 13.2 Å². The number of hydrogen-bond acceptors (Lipinski definition) is 4. The lowest BCUT2D eigenvalue weighted by molar-refractivity contribution is -0.153. The molecule has 3 amide bonds. The van der Waals surface area contributed by atoms with Crippen LogP contribution >= 0.6 is 11.6 Å². The fourth-order valence-corrected chi connectivity index (χ4v) is 4.91. The van der Waals surface area contributed by atoms with E-state index in [0.29, 0.717) is 5.56 Å². The van der Waals surface area contributed by atoms with Crippen molar-refractivity contribution in [3.05, 3.63) is 34.2 Å². The standard InChI is InChI=1S/C21H20ClF3N4O3/c22-18-17(20(32)27-9-15(30)29(16(31)10-27)13-3-1-2-4-13)26-19-14(21(23,24)25)7-12(8-28(18)19)11-5-6-11/h7-8,11,13H,1-6,9-10H2. The number of carbonyl (C=O) groups excluding carboxylic acids is 3. The van der Waals surface area contributed by atoms with E-state index in [1.54, 1.807) is 0 Å². The summed E-state index contributed by atoms with van der Waals surface area (Å²) in [5.41, 5.74) is -1.36. The molecule has 2 saturated carbocycles. The van der Waals surface area contributed by atoms with Crippen LogP contribution in [-0.4, -0.2) is 56.0 Å². The molecule has 1 saturated heterocycles. The van der Waals surface area contributed by atoms with Crippen LogP contribution in [-0.2, 0) is 15.8 Å². The van der Waals surface area contributed by atoms with Gasteiger partial charge in [-0.3, -0.25) is 23.7 Å². The normalized spacial score (nSPS) is 20.6. The summed E-state index contributed by atoms with van der Waals surface area (Å²) in [5, 5.41) is -0.267. The van der Waals surface area contributed by atoms with Gasteiger partial charge in [0.05, 0.1) is 5.56 Å². The van der Waals surface area contributed by atoms with Crippen molar-refractivity contribution in [2.24, 2.45) is 0 Å². The number of carbonyl (C=O) groups is 3. The van der Waals surface area contributed by atoms with Gasteiger partial charge < -0.3 is 4.90 Å². The Hall–Kier alpha value is -2.62. The molecule has 0 unspecified atom stereocenters. The molecule has 3 heterocycles. The van der Waals surface area contributed by atoms with Crippen LogP contribution in [0.15, 0.2) is 12.3 Å². The molecule has 1 aliphatic heterocycles. The fourth-order valence-electron chi connectivity index (χ4n) is 4.66. The second-order valence-corrected chi connectivity index (χ2v) is 9.02. The lowest BCUT2D eigenvalue weighted by Crippen LogP contribution is -2.58. The van der Waals surface area contributed by atoms with Crippen molar-refractivity contribution in [1.29, 1.82) is 0 Å². The summed E-state index contributed by atoms with van der Waals surface area (Å²) in [7, 11) is 0. The van der Waals surface area contributed by atoms with Gasteiger partial charge in [-0.05, 0) is 43.2 Å². The molecule has 3 aliphatic rings. The third-order valence-electron chi connectivity index (χ3n) is 6.41. The van der Waals surface area contributed by atoms with E-state index in [-0.39, 0.29) is 30.2 Å². The van der Waals surface area contributed by atoms with Crippen molar-refractivity contribution < 1.29 is 27.6 Å². The molecule has 5 rings (SSSR count). The highest BCUT2D eigenvalue weighted by Gasteiger charge is 2.41. The van der Waals surface area contributed by atoms with E-state index in [0.717, 1.165) is 53.9 Å². The number of aromatic nitrogens is 2. The van der Waals surface area contributed by atoms with E-state index >= 15 is 0 Å². The molecule has 2 aromatic rings. The Morgan fingerprint density at radius 3 is 2.25 bits per heavy atom. The van der Waals surface area contributed by atoms with Crippen LogP contribution in [0.2, 0.25) is 5.15 Å². The zero-order valence-corrected chi connectivity index (χ0v) is 17.7. The van der Waals surface area contributed by atoms with E-state index in [1.807, 2.05) is 0 Å². The fraction of sp³-hybridized carbons (Fsp3) is 0.524. The predicted molar refractivity (Wildman–Crippen MR) is 107 cm³/mol. The summed E-state index contributed by atoms with van der Waals surface area (Å²) in [6.45, 7) is -0.685. The number of imidazole rings is 1. The minimum Gasteiger partial charge on any atom is -0.319 e. The summed E-state index contributed by atoms with van der Waals surface area (Å²) in [6, 6.07) is 0.902. The predicted octanol–water partition coefficient (Wildman–Crippen LogP) is 3.64. The zero-order valence-electron chi connectivity index (χ0n) is 17.0. The van der Waals surface area contributed by atoms with Crippen LogP contribution in [0, 0.1) is 0 Å². The van der Waals surface area contributed by atoms with Crippen LogP contribution in [0.4, 0.5) is 13.2 Å². The summed E-state index contributed by atoms with van der Waals surface area (Å²) < 4.78 is 42.1. The molecule has 0 radical (unpaired) electrons. The van der Waals surface area contributed by atoms with Crippen LogP contribution in [0.1, 0.15) is 66.1 Å². The third kappa shape index (κ3) is 3.54. The van der Waals surface area contributed by atoms with Gasteiger partial charge in [0, 0.05) is 12.2 Å². The van der Waals surface area contributed by atoms with Crippen molar-refractivity contribution >= 4 is 35.0 Å². The molecule has 0 atom stereocenters. The van der Waals surface area contributed by atoms with Gasteiger partial charge in [-0.1, -0.05) is 24.4 Å². The molecule has 2 aliphatic carbocycles. The number of piperazine rings is 1. The van der Waals surface area contributed by atoms with Gasteiger partial charge in [-0.15, -0.1) is 0 Å². The second kappa shape index (κ2) is 7.47. The van der Waals surface area contributed by atoms with Crippen LogP contribution in [0.25, 0.3) is 5.65 Å². The first kappa shape index (κ1) is 21.2. The van der Waals surface area contributed by atoms with E-state index in [2.05, 4.69) is 4.98 Å². The molecule has 0 N–H and O–H groups in total. The lowest BCUT2D eigenvalue weighted by atomic mass is 10.1. The Morgan fingerprint density at radius 2 is 1.69 bits per heavy atom. The first-order chi connectivity index (χ1) is 15.1. The van der Waals surface area contributed by atoms with Gasteiger partial charge in [0.25, 0.3) is 5.91 Å². The van der Waals surface area contributed by atoms with Gasteiger partial charge >= 0.3 is 6.18 Å². The number of nitrogens with zero attached hydrogens (tertiary/aromatic N) is 4.